The lowest BCUT2D eigenvalue weighted by Gasteiger charge is -2.05. The Morgan fingerprint density at radius 1 is 1.10 bits per heavy atom. The van der Waals surface area contributed by atoms with Gasteiger partial charge in [0, 0.05) is 13.2 Å². The highest BCUT2D eigenvalue weighted by atomic mass is 35.5. The van der Waals surface area contributed by atoms with Crippen LogP contribution in [0.4, 0.5) is 5.82 Å². The highest BCUT2D eigenvalue weighted by molar-refractivity contribution is 6.42. The van der Waals surface area contributed by atoms with E-state index in [1.54, 1.807) is 33.9 Å². The Morgan fingerprint density at radius 2 is 1.93 bits per heavy atom. The van der Waals surface area contributed by atoms with E-state index in [4.69, 9.17) is 34.8 Å². The van der Waals surface area contributed by atoms with Crippen molar-refractivity contribution in [3.63, 3.8) is 0 Å². The number of rotatable bonds is 4. The molecule has 0 atom stereocenters. The summed E-state index contributed by atoms with van der Waals surface area (Å²) in [5.74, 6) is 1.19. The summed E-state index contributed by atoms with van der Waals surface area (Å²) in [6.07, 6.45) is 5.23. The monoisotopic (exact) mass is 447 g/mol. The van der Waals surface area contributed by atoms with Gasteiger partial charge >= 0.3 is 0 Å². The molecule has 12 heteroatoms. The summed E-state index contributed by atoms with van der Waals surface area (Å²) in [7, 11) is 1.84. The Balaban J connectivity index is 1.48. The molecule has 0 fully saturated rings. The normalized spacial score (nSPS) is 11.6. The number of halogens is 3. The molecule has 0 spiro atoms. The number of aryl methyl sites for hydroxylation is 1. The maximum atomic E-state index is 6.15. The van der Waals surface area contributed by atoms with Gasteiger partial charge < -0.3 is 10.3 Å². The summed E-state index contributed by atoms with van der Waals surface area (Å²) in [6, 6.07) is 3.46. The van der Waals surface area contributed by atoms with Gasteiger partial charge in [0.05, 0.1) is 39.5 Å². The molecule has 29 heavy (non-hydrogen) atoms. The van der Waals surface area contributed by atoms with E-state index >= 15 is 0 Å². The fraction of sp³-hybridized carbons (Fsp3) is 0.118. The maximum Gasteiger partial charge on any atom is 0.226 e. The number of imidazole rings is 2. The highest BCUT2D eigenvalue weighted by Gasteiger charge is 2.15. The Bertz CT molecular complexity index is 1330. The standard InChI is InChI=1S/C17H12Cl3N9/c1-28-6-8(4-23-28)29-7-22-14-15(26-17(20)27-16(14)29)21-5-13-24-11-2-9(18)10(19)3-12(11)25-13/h2-4,6-7H,5H2,1H3,(H,24,25)(H,21,26,27). The van der Waals surface area contributed by atoms with Crippen LogP contribution >= 0.6 is 34.8 Å². The number of nitrogens with one attached hydrogen (secondary N) is 2. The number of benzene rings is 1. The third kappa shape index (κ3) is 3.27. The Morgan fingerprint density at radius 3 is 2.72 bits per heavy atom. The minimum atomic E-state index is 0.105. The predicted molar refractivity (Wildman–Crippen MR) is 112 cm³/mol. The summed E-state index contributed by atoms with van der Waals surface area (Å²) >= 11 is 18.3. The lowest BCUT2D eigenvalue weighted by molar-refractivity contribution is 0.767. The Hall–Kier alpha value is -2.88. The predicted octanol–water partition coefficient (Wildman–Crippen LogP) is 4.00. The van der Waals surface area contributed by atoms with Crippen molar-refractivity contribution in [2.24, 2.45) is 7.05 Å². The van der Waals surface area contributed by atoms with Crippen LogP contribution in [0.5, 0.6) is 0 Å². The van der Waals surface area contributed by atoms with Gasteiger partial charge in [-0.1, -0.05) is 23.2 Å². The van der Waals surface area contributed by atoms with Gasteiger partial charge in [0.25, 0.3) is 0 Å². The minimum absolute atomic E-state index is 0.105. The number of anilines is 1. The molecule has 0 bridgehead atoms. The number of H-pyrrole nitrogens is 1. The SMILES string of the molecule is Cn1cc(-n2cnc3c(NCc4nc5cc(Cl)c(Cl)cc5[nH]4)nc(Cl)nc32)cn1. The van der Waals surface area contributed by atoms with Crippen LogP contribution in [0.15, 0.2) is 30.9 Å². The molecule has 0 aliphatic carbocycles. The van der Waals surface area contributed by atoms with Crippen molar-refractivity contribution in [2.75, 3.05) is 5.32 Å². The molecular formula is C17H12Cl3N9. The van der Waals surface area contributed by atoms with Crippen LogP contribution in [0.3, 0.4) is 0 Å². The van der Waals surface area contributed by atoms with Crippen LogP contribution in [0.1, 0.15) is 5.82 Å². The topological polar surface area (TPSA) is 102 Å². The smallest absolute Gasteiger partial charge is 0.226 e. The molecule has 146 valence electrons. The molecule has 0 saturated carbocycles. The van der Waals surface area contributed by atoms with Crippen LogP contribution in [0.25, 0.3) is 27.9 Å². The van der Waals surface area contributed by atoms with Crippen LogP contribution in [-0.4, -0.2) is 39.3 Å². The third-order valence-corrected chi connectivity index (χ3v) is 5.23. The Labute approximate surface area is 178 Å². The van der Waals surface area contributed by atoms with Gasteiger partial charge in [-0.05, 0) is 23.7 Å². The molecule has 0 amide bonds. The summed E-state index contributed by atoms with van der Waals surface area (Å²) in [6.45, 7) is 0.367. The number of hydrogen-bond acceptors (Lipinski definition) is 6. The van der Waals surface area contributed by atoms with E-state index in [0.29, 0.717) is 39.4 Å². The first-order valence-corrected chi connectivity index (χ1v) is 9.58. The van der Waals surface area contributed by atoms with Crippen LogP contribution < -0.4 is 5.32 Å². The molecule has 1 aromatic carbocycles. The molecular weight excluding hydrogens is 437 g/mol. The van der Waals surface area contributed by atoms with Gasteiger partial charge in [0.1, 0.15) is 12.2 Å². The second kappa shape index (κ2) is 6.87. The van der Waals surface area contributed by atoms with Crippen molar-refractivity contribution in [2.45, 2.75) is 6.54 Å². The molecule has 9 nitrogen and oxygen atoms in total. The van der Waals surface area contributed by atoms with Crippen LogP contribution in [0, 0.1) is 0 Å². The van der Waals surface area contributed by atoms with E-state index in [-0.39, 0.29) is 5.28 Å². The molecule has 0 aliphatic heterocycles. The lowest BCUT2D eigenvalue weighted by Crippen LogP contribution is -2.05. The first-order chi connectivity index (χ1) is 14.0. The van der Waals surface area contributed by atoms with E-state index in [9.17, 15) is 0 Å². The maximum absolute atomic E-state index is 6.15. The average Bonchev–Trinajstić information content (AvgIpc) is 3.38. The van der Waals surface area contributed by atoms with Crippen molar-refractivity contribution >= 4 is 62.8 Å². The number of hydrogen-bond donors (Lipinski definition) is 2. The van der Waals surface area contributed by atoms with Gasteiger partial charge in [-0.3, -0.25) is 9.25 Å². The summed E-state index contributed by atoms with van der Waals surface area (Å²) in [4.78, 5) is 20.7. The average molecular weight is 449 g/mol. The van der Waals surface area contributed by atoms with Crippen LogP contribution in [-0.2, 0) is 13.6 Å². The zero-order chi connectivity index (χ0) is 20.1. The van der Waals surface area contributed by atoms with Gasteiger partial charge in [-0.15, -0.1) is 0 Å². The fourth-order valence-corrected chi connectivity index (χ4v) is 3.51. The number of nitrogens with zero attached hydrogens (tertiary/aromatic N) is 7. The van der Waals surface area contributed by atoms with Gasteiger partial charge in [0.15, 0.2) is 17.0 Å². The van der Waals surface area contributed by atoms with Crippen molar-refractivity contribution in [1.29, 1.82) is 0 Å². The first kappa shape index (κ1) is 18.2. The molecule has 2 N–H and O–H groups in total. The van der Waals surface area contributed by atoms with Crippen LogP contribution in [0.2, 0.25) is 15.3 Å². The van der Waals surface area contributed by atoms with Crippen molar-refractivity contribution in [3.8, 4) is 5.69 Å². The summed E-state index contributed by atoms with van der Waals surface area (Å²) in [5.41, 5.74) is 3.50. The van der Waals surface area contributed by atoms with E-state index in [1.165, 1.54) is 0 Å². The molecule has 0 aliphatic rings. The number of fused-ring (bicyclic) bond motifs is 2. The lowest BCUT2D eigenvalue weighted by atomic mass is 10.3. The molecule has 0 saturated heterocycles. The zero-order valence-electron chi connectivity index (χ0n) is 14.9. The largest absolute Gasteiger partial charge is 0.361 e. The first-order valence-electron chi connectivity index (χ1n) is 8.45. The molecule has 4 aromatic heterocycles. The van der Waals surface area contributed by atoms with Gasteiger partial charge in [-0.2, -0.15) is 15.1 Å². The van der Waals surface area contributed by atoms with Crippen molar-refractivity contribution in [1.82, 2.24) is 39.3 Å². The van der Waals surface area contributed by atoms with Crippen molar-refractivity contribution in [3.05, 3.63) is 52.0 Å². The number of aromatic nitrogens is 8. The molecule has 4 heterocycles. The van der Waals surface area contributed by atoms with E-state index < -0.39 is 0 Å². The molecule has 0 radical (unpaired) electrons. The Kier molecular flexibility index (Phi) is 4.30. The third-order valence-electron chi connectivity index (χ3n) is 4.33. The van der Waals surface area contributed by atoms with Gasteiger partial charge in [-0.25, -0.2) is 9.97 Å². The van der Waals surface area contributed by atoms with Crippen molar-refractivity contribution < 1.29 is 0 Å². The van der Waals surface area contributed by atoms with Gasteiger partial charge in [0.2, 0.25) is 5.28 Å². The molecule has 0 unspecified atom stereocenters. The highest BCUT2D eigenvalue weighted by Crippen LogP contribution is 2.27. The summed E-state index contributed by atoms with van der Waals surface area (Å²) < 4.78 is 3.50. The van der Waals surface area contributed by atoms with E-state index in [0.717, 1.165) is 16.7 Å². The fourth-order valence-electron chi connectivity index (χ4n) is 3.03. The zero-order valence-corrected chi connectivity index (χ0v) is 17.1. The van der Waals surface area contributed by atoms with E-state index in [2.05, 4.69) is 35.3 Å². The number of aromatic amines is 1. The minimum Gasteiger partial charge on any atom is -0.361 e. The quantitative estimate of drug-likeness (QED) is 0.403. The second-order valence-corrected chi connectivity index (χ2v) is 7.47. The van der Waals surface area contributed by atoms with E-state index in [1.807, 2.05) is 13.2 Å². The second-order valence-electron chi connectivity index (χ2n) is 6.32. The molecule has 5 rings (SSSR count). The summed E-state index contributed by atoms with van der Waals surface area (Å²) in [5, 5.41) is 8.42. The molecule has 5 aromatic rings.